The van der Waals surface area contributed by atoms with Gasteiger partial charge in [-0.25, -0.2) is 9.59 Å². The third kappa shape index (κ3) is 4.97. The molecular formula is C21H21Cl2F3N4O3. The highest BCUT2D eigenvalue weighted by Crippen LogP contribution is 2.42. The van der Waals surface area contributed by atoms with E-state index in [-0.39, 0.29) is 33.3 Å². The lowest BCUT2D eigenvalue weighted by Gasteiger charge is -2.39. The van der Waals surface area contributed by atoms with Gasteiger partial charge in [-0.05, 0) is 55.0 Å². The molecule has 1 spiro atoms. The molecule has 2 fully saturated rings. The number of likely N-dealkylation sites (tertiary alicyclic amines) is 2. The van der Waals surface area contributed by atoms with E-state index in [1.165, 1.54) is 18.3 Å². The van der Waals surface area contributed by atoms with Crippen LogP contribution in [0.25, 0.3) is 0 Å². The van der Waals surface area contributed by atoms with Gasteiger partial charge in [-0.1, -0.05) is 23.2 Å². The zero-order valence-electron chi connectivity index (χ0n) is 17.4. The number of aromatic carboxylic acids is 1. The summed E-state index contributed by atoms with van der Waals surface area (Å²) in [4.78, 5) is 27.4. The van der Waals surface area contributed by atoms with E-state index >= 15 is 0 Å². The fraction of sp³-hybridized carbons (Fsp3) is 0.476. The van der Waals surface area contributed by atoms with Crippen molar-refractivity contribution in [1.29, 1.82) is 0 Å². The van der Waals surface area contributed by atoms with Gasteiger partial charge in [-0.15, -0.1) is 0 Å². The number of halogens is 5. The quantitative estimate of drug-likeness (QED) is 0.645. The molecule has 1 N–H and O–H groups in total. The van der Waals surface area contributed by atoms with E-state index in [1.54, 1.807) is 4.90 Å². The number of hydrogen-bond acceptors (Lipinski definition) is 4. The molecule has 0 bridgehead atoms. The fourth-order valence-electron chi connectivity index (χ4n) is 4.69. The van der Waals surface area contributed by atoms with Gasteiger partial charge in [-0.3, -0.25) is 4.90 Å². The van der Waals surface area contributed by atoms with E-state index in [0.29, 0.717) is 39.0 Å². The maximum atomic E-state index is 13.4. The first kappa shape index (κ1) is 23.8. The summed E-state index contributed by atoms with van der Waals surface area (Å²) in [6.45, 7) is 2.34. The highest BCUT2D eigenvalue weighted by molar-refractivity contribution is 6.33. The molecule has 12 heteroatoms. The van der Waals surface area contributed by atoms with Crippen LogP contribution in [0.3, 0.4) is 0 Å². The van der Waals surface area contributed by atoms with Crippen LogP contribution in [0.5, 0.6) is 0 Å². The van der Waals surface area contributed by atoms with Crippen LogP contribution in [0.1, 0.15) is 40.9 Å². The second kappa shape index (κ2) is 8.81. The van der Waals surface area contributed by atoms with E-state index in [4.69, 9.17) is 28.3 Å². The van der Waals surface area contributed by atoms with E-state index in [9.17, 15) is 22.8 Å². The van der Waals surface area contributed by atoms with Crippen molar-refractivity contribution in [2.45, 2.75) is 32.0 Å². The lowest BCUT2D eigenvalue weighted by atomic mass is 9.78. The minimum absolute atomic E-state index is 0.0816. The first-order chi connectivity index (χ1) is 15.5. The van der Waals surface area contributed by atoms with Crippen molar-refractivity contribution in [2.75, 3.05) is 26.2 Å². The normalized spacial score (nSPS) is 18.8. The summed E-state index contributed by atoms with van der Waals surface area (Å²) >= 11 is 11.8. The number of carbonyl (C=O) groups is 2. The SMILES string of the molecule is O=C(O)c1nn(C(=O)N2CCC3(CCN(Cc4cc(Cl)ccc4C(F)(F)F)C3)CC2)cc1Cl. The molecular weight excluding hydrogens is 484 g/mol. The van der Waals surface area contributed by atoms with Gasteiger partial charge in [0.15, 0.2) is 5.69 Å². The maximum Gasteiger partial charge on any atom is 0.416 e. The minimum Gasteiger partial charge on any atom is -0.476 e. The Hall–Kier alpha value is -2.30. The number of carboxylic acid groups (broad SMARTS) is 1. The number of hydrogen-bond donors (Lipinski definition) is 1. The Morgan fingerprint density at radius 2 is 1.79 bits per heavy atom. The van der Waals surface area contributed by atoms with E-state index in [0.717, 1.165) is 17.2 Å². The molecule has 1 amide bonds. The number of aromatic nitrogens is 2. The topological polar surface area (TPSA) is 78.7 Å². The molecule has 1 aromatic heterocycles. The lowest BCUT2D eigenvalue weighted by Crippen LogP contribution is -2.45. The van der Waals surface area contributed by atoms with Crippen LogP contribution in [-0.4, -0.2) is 62.9 Å². The molecule has 0 saturated carbocycles. The van der Waals surface area contributed by atoms with Crippen LogP contribution < -0.4 is 0 Å². The number of carboxylic acids is 1. The number of nitrogens with zero attached hydrogens (tertiary/aromatic N) is 4. The number of amides is 1. The number of rotatable bonds is 3. The zero-order valence-corrected chi connectivity index (χ0v) is 18.9. The van der Waals surface area contributed by atoms with Crippen molar-refractivity contribution in [1.82, 2.24) is 19.6 Å². The van der Waals surface area contributed by atoms with Gasteiger partial charge in [-0.2, -0.15) is 23.0 Å². The molecule has 4 rings (SSSR count). The Bertz CT molecular complexity index is 1080. The monoisotopic (exact) mass is 504 g/mol. The standard InChI is InChI=1S/C21H21Cl2F3N4O3/c22-14-1-2-15(21(24,25)26)13(9-14)10-28-6-3-20(12-28)4-7-29(8-5-20)19(33)30-11-16(23)17(27-30)18(31)32/h1-2,9,11H,3-8,10,12H2,(H,31,32). The minimum atomic E-state index is -4.45. The van der Waals surface area contributed by atoms with Gasteiger partial charge in [0.2, 0.25) is 0 Å². The largest absolute Gasteiger partial charge is 0.476 e. The molecule has 0 aliphatic carbocycles. The molecule has 7 nitrogen and oxygen atoms in total. The Morgan fingerprint density at radius 3 is 2.39 bits per heavy atom. The second-order valence-corrected chi connectivity index (χ2v) is 9.45. The van der Waals surface area contributed by atoms with E-state index in [1.807, 2.05) is 4.90 Å². The molecule has 0 atom stereocenters. The molecule has 0 radical (unpaired) electrons. The number of piperidine rings is 1. The molecule has 178 valence electrons. The summed E-state index contributed by atoms with van der Waals surface area (Å²) in [6, 6.07) is 3.18. The van der Waals surface area contributed by atoms with Crippen molar-refractivity contribution < 1.29 is 27.9 Å². The van der Waals surface area contributed by atoms with E-state index < -0.39 is 23.7 Å². The Morgan fingerprint density at radius 1 is 1.12 bits per heavy atom. The summed E-state index contributed by atoms with van der Waals surface area (Å²) in [5.41, 5.74) is -0.984. The summed E-state index contributed by atoms with van der Waals surface area (Å²) < 4.78 is 41.1. The number of alkyl halides is 3. The maximum absolute atomic E-state index is 13.4. The Balaban J connectivity index is 1.39. The summed E-state index contributed by atoms with van der Waals surface area (Å²) in [6.07, 6.45) is -1.06. The average Bonchev–Trinajstić information content (AvgIpc) is 3.31. The molecule has 2 saturated heterocycles. The fourth-order valence-corrected chi connectivity index (χ4v) is 5.10. The van der Waals surface area contributed by atoms with Gasteiger partial charge in [0.25, 0.3) is 0 Å². The smallest absolute Gasteiger partial charge is 0.416 e. The van der Waals surface area contributed by atoms with Crippen LogP contribution in [0.15, 0.2) is 24.4 Å². The Kier molecular flexibility index (Phi) is 6.36. The van der Waals surface area contributed by atoms with Crippen LogP contribution in [0, 0.1) is 5.41 Å². The third-order valence-electron chi connectivity index (χ3n) is 6.45. The van der Waals surface area contributed by atoms with Gasteiger partial charge < -0.3 is 10.0 Å². The predicted molar refractivity (Wildman–Crippen MR) is 115 cm³/mol. The highest BCUT2D eigenvalue weighted by atomic mass is 35.5. The van der Waals surface area contributed by atoms with Crippen molar-refractivity contribution >= 4 is 35.2 Å². The predicted octanol–water partition coefficient (Wildman–Crippen LogP) is 4.86. The number of benzene rings is 1. The van der Waals surface area contributed by atoms with Gasteiger partial charge in [0, 0.05) is 31.2 Å². The number of carbonyl (C=O) groups excluding carboxylic acids is 1. The van der Waals surface area contributed by atoms with Crippen LogP contribution in [0.2, 0.25) is 10.0 Å². The van der Waals surface area contributed by atoms with Crippen molar-refractivity contribution in [3.8, 4) is 0 Å². The first-order valence-electron chi connectivity index (χ1n) is 10.3. The summed E-state index contributed by atoms with van der Waals surface area (Å²) in [7, 11) is 0. The third-order valence-corrected chi connectivity index (χ3v) is 6.96. The summed E-state index contributed by atoms with van der Waals surface area (Å²) in [5.74, 6) is -1.32. The van der Waals surface area contributed by atoms with Crippen molar-refractivity contribution in [2.24, 2.45) is 5.41 Å². The molecule has 33 heavy (non-hydrogen) atoms. The molecule has 2 aliphatic rings. The average molecular weight is 505 g/mol. The van der Waals surface area contributed by atoms with Crippen LogP contribution in [0.4, 0.5) is 18.0 Å². The molecule has 2 aliphatic heterocycles. The van der Waals surface area contributed by atoms with Crippen molar-refractivity contribution in [3.05, 3.63) is 51.3 Å². The first-order valence-corrected chi connectivity index (χ1v) is 11.1. The van der Waals surface area contributed by atoms with Crippen molar-refractivity contribution in [3.63, 3.8) is 0 Å². The lowest BCUT2D eigenvalue weighted by molar-refractivity contribution is -0.138. The molecule has 0 unspecified atom stereocenters. The molecule has 1 aromatic carbocycles. The van der Waals surface area contributed by atoms with Gasteiger partial charge in [0.05, 0.1) is 16.8 Å². The zero-order chi connectivity index (χ0) is 24.0. The highest BCUT2D eigenvalue weighted by Gasteiger charge is 2.42. The summed E-state index contributed by atoms with van der Waals surface area (Å²) in [5, 5.41) is 13.0. The van der Waals surface area contributed by atoms with E-state index in [2.05, 4.69) is 5.10 Å². The Labute approximate surface area is 197 Å². The van der Waals surface area contributed by atoms with Gasteiger partial charge in [0.1, 0.15) is 0 Å². The molecule has 2 aromatic rings. The van der Waals surface area contributed by atoms with Crippen LogP contribution >= 0.6 is 23.2 Å². The van der Waals surface area contributed by atoms with Gasteiger partial charge >= 0.3 is 18.2 Å². The second-order valence-electron chi connectivity index (χ2n) is 8.60. The van der Waals surface area contributed by atoms with Crippen LogP contribution in [-0.2, 0) is 12.7 Å². The molecule has 3 heterocycles.